The Labute approximate surface area is 367 Å². The normalized spacial score (nSPS) is 33.2. The van der Waals surface area contributed by atoms with Gasteiger partial charge in [0.1, 0.15) is 23.4 Å². The molecule has 0 aromatic heterocycles. The predicted molar refractivity (Wildman–Crippen MR) is 228 cm³/mol. The van der Waals surface area contributed by atoms with Gasteiger partial charge in [-0.25, -0.2) is 9.59 Å². The Bertz CT molecular complexity index is 2180. The molecule has 3 saturated carbocycles. The first-order chi connectivity index (χ1) is 29.6. The average molecular weight is 870 g/mol. The summed E-state index contributed by atoms with van der Waals surface area (Å²) in [5.74, 6) is -7.90. The number of ketones is 1. The summed E-state index contributed by atoms with van der Waals surface area (Å²) in [6.45, 7) is 14.6. The van der Waals surface area contributed by atoms with Gasteiger partial charge in [-0.15, -0.1) is 0 Å². The molecule has 0 heterocycles. The zero-order chi connectivity index (χ0) is 46.2. The van der Waals surface area contributed by atoms with Crippen LogP contribution in [-0.4, -0.2) is 97.9 Å². The van der Waals surface area contributed by atoms with Crippen molar-refractivity contribution >= 4 is 29.6 Å². The topological polar surface area (TPSA) is 215 Å². The Kier molecular flexibility index (Phi) is 13.4. The van der Waals surface area contributed by atoms with E-state index < -0.39 is 118 Å². The van der Waals surface area contributed by atoms with Gasteiger partial charge in [-0.3, -0.25) is 14.4 Å². The number of esters is 3. The standard InChI is InChI=1S/C49H59NO13/c1-9-48(63-27(2)3)35(53)25-34(52)47(8)40(48)42(62-44(57)32-23-17-12-18-24-32)49(59)26-33(28(4)36(46(49,6)7)39(41(47)55)60-29(5)51)61-45(58)38(54)37(30-19-13-10-14-20-30)50-43(56)31-21-15-11-16-22-31/h10-24,28,33-40,42,52-54,59H,2,9,25-26H2,1,3-8H3,(H,50,56)/t28?,33-,34?,35+,36?,37-,38+,39+,40-,42-,47+,48-,49+/m0/s1. The van der Waals surface area contributed by atoms with Gasteiger partial charge < -0.3 is 44.7 Å². The molecule has 1 amide bonds. The second-order valence-corrected chi connectivity index (χ2v) is 18.1. The van der Waals surface area contributed by atoms with Gasteiger partial charge in [0.25, 0.3) is 5.91 Å². The molecule has 0 saturated heterocycles. The van der Waals surface area contributed by atoms with Crippen molar-refractivity contribution in [2.45, 2.75) is 122 Å². The fraction of sp³-hybridized carbons (Fsp3) is 0.490. The Morgan fingerprint density at radius 1 is 0.841 bits per heavy atom. The number of Topliss-reactive ketones (excluding diaryl/α,β-unsaturated/α-hetero) is 1. The number of ether oxygens (including phenoxy) is 4. The van der Waals surface area contributed by atoms with Crippen LogP contribution in [0.4, 0.5) is 0 Å². The fourth-order valence-electron chi connectivity index (χ4n) is 10.8. The number of carbonyl (C=O) groups excluding carboxylic acids is 5. The van der Waals surface area contributed by atoms with E-state index in [4.69, 9.17) is 18.9 Å². The lowest BCUT2D eigenvalue weighted by atomic mass is 9.42. The highest BCUT2D eigenvalue weighted by molar-refractivity contribution is 5.95. The molecule has 3 aliphatic rings. The molecule has 3 aromatic rings. The van der Waals surface area contributed by atoms with Gasteiger partial charge in [-0.05, 0) is 50.1 Å². The number of benzene rings is 3. The molecule has 2 bridgehead atoms. The van der Waals surface area contributed by atoms with Crippen LogP contribution < -0.4 is 5.32 Å². The number of allylic oxidation sites excluding steroid dienone is 1. The molecule has 14 nitrogen and oxygen atoms in total. The number of rotatable bonds is 12. The van der Waals surface area contributed by atoms with Crippen molar-refractivity contribution < 1.29 is 63.3 Å². The zero-order valence-corrected chi connectivity index (χ0v) is 36.7. The zero-order valence-electron chi connectivity index (χ0n) is 36.7. The largest absolute Gasteiger partial charge is 0.489 e. The van der Waals surface area contributed by atoms with Gasteiger partial charge in [0.15, 0.2) is 18.0 Å². The van der Waals surface area contributed by atoms with Gasteiger partial charge in [0.2, 0.25) is 0 Å². The highest BCUT2D eigenvalue weighted by Gasteiger charge is 2.77. The van der Waals surface area contributed by atoms with Crippen molar-refractivity contribution in [2.24, 2.45) is 28.6 Å². The van der Waals surface area contributed by atoms with Crippen molar-refractivity contribution in [1.29, 1.82) is 0 Å². The maximum Gasteiger partial charge on any atom is 0.338 e. The van der Waals surface area contributed by atoms with Gasteiger partial charge in [0.05, 0.1) is 40.9 Å². The van der Waals surface area contributed by atoms with E-state index in [0.29, 0.717) is 5.56 Å². The Morgan fingerprint density at radius 3 is 1.94 bits per heavy atom. The lowest BCUT2D eigenvalue weighted by Gasteiger charge is -2.67. The summed E-state index contributed by atoms with van der Waals surface area (Å²) in [6, 6.07) is 23.1. The lowest BCUT2D eigenvalue weighted by molar-refractivity contribution is -0.310. The van der Waals surface area contributed by atoms with Gasteiger partial charge in [-0.2, -0.15) is 0 Å². The summed E-state index contributed by atoms with van der Waals surface area (Å²) >= 11 is 0. The lowest BCUT2D eigenvalue weighted by Crippen LogP contribution is -2.79. The molecular weight excluding hydrogens is 811 g/mol. The van der Waals surface area contributed by atoms with E-state index in [9.17, 15) is 39.6 Å². The number of fused-ring (bicyclic) bond motifs is 3. The molecule has 14 heteroatoms. The van der Waals surface area contributed by atoms with E-state index in [2.05, 4.69) is 11.9 Å². The highest BCUT2D eigenvalue weighted by Crippen LogP contribution is 2.64. The monoisotopic (exact) mass is 869 g/mol. The minimum atomic E-state index is -2.34. The first-order valence-electron chi connectivity index (χ1n) is 21.4. The van der Waals surface area contributed by atoms with Crippen LogP contribution in [0.3, 0.4) is 0 Å². The summed E-state index contributed by atoms with van der Waals surface area (Å²) in [5.41, 5.74) is -7.06. The van der Waals surface area contributed by atoms with Crippen LogP contribution >= 0.6 is 0 Å². The first kappa shape index (κ1) is 47.1. The van der Waals surface area contributed by atoms with E-state index in [1.54, 1.807) is 107 Å². The first-order valence-corrected chi connectivity index (χ1v) is 21.4. The minimum Gasteiger partial charge on any atom is -0.489 e. The average Bonchev–Trinajstić information content (AvgIpc) is 3.25. The summed E-state index contributed by atoms with van der Waals surface area (Å²) in [4.78, 5) is 70.9. The number of aliphatic hydroxyl groups excluding tert-OH is 3. The quantitative estimate of drug-likeness (QED) is 0.0919. The van der Waals surface area contributed by atoms with Gasteiger partial charge in [-0.1, -0.05) is 101 Å². The number of amides is 1. The highest BCUT2D eigenvalue weighted by atomic mass is 16.6. The number of nitrogens with one attached hydrogen (secondary N) is 1. The Hall–Kier alpha value is -5.41. The predicted octanol–water partition coefficient (Wildman–Crippen LogP) is 5.03. The second kappa shape index (κ2) is 18.0. The minimum absolute atomic E-state index is 0.0462. The van der Waals surface area contributed by atoms with Crippen LogP contribution in [-0.2, 0) is 33.3 Å². The Morgan fingerprint density at radius 2 is 1.40 bits per heavy atom. The van der Waals surface area contributed by atoms with E-state index in [-0.39, 0.29) is 29.7 Å². The van der Waals surface area contributed by atoms with Crippen molar-refractivity contribution in [3.8, 4) is 0 Å². The third-order valence-corrected chi connectivity index (χ3v) is 14.1. The van der Waals surface area contributed by atoms with Crippen LogP contribution in [0, 0.1) is 28.6 Å². The number of hydrogen-bond acceptors (Lipinski definition) is 13. The van der Waals surface area contributed by atoms with Crippen molar-refractivity contribution in [3.63, 3.8) is 0 Å². The van der Waals surface area contributed by atoms with E-state index >= 15 is 4.79 Å². The maximum absolute atomic E-state index is 15.6. The molecule has 0 radical (unpaired) electrons. The second-order valence-electron chi connectivity index (χ2n) is 18.1. The molecule has 3 unspecified atom stereocenters. The summed E-state index contributed by atoms with van der Waals surface area (Å²) in [5, 5.41) is 52.5. The molecule has 13 atom stereocenters. The number of hydrogen-bond donors (Lipinski definition) is 5. The van der Waals surface area contributed by atoms with E-state index in [1.165, 1.54) is 26.0 Å². The molecule has 0 aliphatic heterocycles. The smallest absolute Gasteiger partial charge is 0.338 e. The van der Waals surface area contributed by atoms with Crippen LogP contribution in [0.5, 0.6) is 0 Å². The van der Waals surface area contributed by atoms with Crippen molar-refractivity contribution in [3.05, 3.63) is 120 Å². The van der Waals surface area contributed by atoms with Crippen molar-refractivity contribution in [2.75, 3.05) is 0 Å². The van der Waals surface area contributed by atoms with Crippen LogP contribution in [0.15, 0.2) is 103 Å². The summed E-state index contributed by atoms with van der Waals surface area (Å²) < 4.78 is 25.1. The molecule has 0 spiro atoms. The number of aliphatic hydroxyl groups is 4. The van der Waals surface area contributed by atoms with E-state index in [1.807, 2.05) is 0 Å². The molecule has 5 N–H and O–H groups in total. The molecule has 6 rings (SSSR count). The third kappa shape index (κ3) is 8.29. The number of carbonyl (C=O) groups is 5. The third-order valence-electron chi connectivity index (χ3n) is 14.1. The SMILES string of the molecule is C=C(C)O[C@@]1(CC)[C@H](O)CC(O)[C@@]2(C)C(=O)[C@H](OC(C)=O)C3C(C)[C@@H](OC(=O)[C@H](O)[C@@H](NC(=O)c4ccccc4)c4ccccc4)C[C@@](O)([C@@H](OC(=O)c4ccccc4)[C@H]12)C3(C)C. The van der Waals surface area contributed by atoms with Crippen LogP contribution in [0.1, 0.15) is 100 Å². The van der Waals surface area contributed by atoms with E-state index in [0.717, 1.165) is 6.92 Å². The summed E-state index contributed by atoms with van der Waals surface area (Å²) in [7, 11) is 0. The molecule has 3 aromatic carbocycles. The maximum atomic E-state index is 15.6. The summed E-state index contributed by atoms with van der Waals surface area (Å²) in [6.07, 6.45) is -11.0. The van der Waals surface area contributed by atoms with Gasteiger partial charge in [0, 0.05) is 42.6 Å². The fourth-order valence-corrected chi connectivity index (χ4v) is 10.8. The van der Waals surface area contributed by atoms with Crippen LogP contribution in [0.2, 0.25) is 0 Å². The van der Waals surface area contributed by atoms with Crippen LogP contribution in [0.25, 0.3) is 0 Å². The van der Waals surface area contributed by atoms with Crippen molar-refractivity contribution in [1.82, 2.24) is 5.32 Å². The molecule has 338 valence electrons. The Balaban J connectivity index is 1.53. The molecule has 63 heavy (non-hydrogen) atoms. The van der Waals surface area contributed by atoms with Gasteiger partial charge >= 0.3 is 17.9 Å². The molecule has 3 aliphatic carbocycles. The molecule has 3 fully saturated rings. The molecular formula is C49H59NO13.